The van der Waals surface area contributed by atoms with E-state index in [4.69, 9.17) is 9.47 Å². The van der Waals surface area contributed by atoms with E-state index in [0.717, 1.165) is 28.3 Å². The third-order valence-corrected chi connectivity index (χ3v) is 6.53. The Balaban J connectivity index is 1.74. The van der Waals surface area contributed by atoms with Crippen molar-refractivity contribution in [2.75, 3.05) is 38.5 Å². The van der Waals surface area contributed by atoms with E-state index < -0.39 is 5.82 Å². The van der Waals surface area contributed by atoms with E-state index in [1.807, 2.05) is 31.2 Å². The summed E-state index contributed by atoms with van der Waals surface area (Å²) in [7, 11) is 1.46. The molecule has 0 amide bonds. The minimum atomic E-state index is -0.563. The van der Waals surface area contributed by atoms with E-state index in [-0.39, 0.29) is 36.4 Å². The lowest BCUT2D eigenvalue weighted by atomic mass is 9.93. The minimum absolute atomic E-state index is 0.0583. The molecule has 1 aliphatic heterocycles. The molecule has 1 aromatic heterocycles. The van der Waals surface area contributed by atoms with Gasteiger partial charge in [0, 0.05) is 55.4 Å². The molecule has 8 heteroatoms. The Morgan fingerprint density at radius 2 is 1.84 bits per heavy atom. The number of hydrogen-bond donors (Lipinski definition) is 1. The van der Waals surface area contributed by atoms with Gasteiger partial charge in [0.1, 0.15) is 23.5 Å². The standard InChI is InChI=1S/C29H25F2N3O3/c1-17-5-20(7-22(30)6-17)26-12-33-27-4-3-19(9-25(27)28(26)34-13-18(14-34)15-35)24-10-23(31)8-21(11-32)29(24)37-16-36-2/h3-10,12,18,35H,13-16H2,1-2H3. The minimum Gasteiger partial charge on any atom is -0.466 e. The van der Waals surface area contributed by atoms with Crippen molar-refractivity contribution in [3.8, 4) is 34.1 Å². The molecule has 2 heterocycles. The van der Waals surface area contributed by atoms with E-state index in [0.29, 0.717) is 35.3 Å². The molecule has 0 aliphatic carbocycles. The fourth-order valence-electron chi connectivity index (χ4n) is 4.82. The molecule has 0 radical (unpaired) electrons. The van der Waals surface area contributed by atoms with Gasteiger partial charge in [-0.3, -0.25) is 4.98 Å². The second-order valence-corrected chi connectivity index (χ2v) is 9.22. The average Bonchev–Trinajstić information content (AvgIpc) is 2.86. The van der Waals surface area contributed by atoms with Crippen LogP contribution in [-0.2, 0) is 4.74 Å². The summed E-state index contributed by atoms with van der Waals surface area (Å²) in [6, 6.07) is 14.8. The van der Waals surface area contributed by atoms with Crippen LogP contribution in [0.5, 0.6) is 5.75 Å². The summed E-state index contributed by atoms with van der Waals surface area (Å²) in [6.07, 6.45) is 1.74. The van der Waals surface area contributed by atoms with Gasteiger partial charge in [-0.15, -0.1) is 0 Å². The number of ether oxygens (including phenoxy) is 2. The Morgan fingerprint density at radius 3 is 2.54 bits per heavy atom. The van der Waals surface area contributed by atoms with Gasteiger partial charge in [0.2, 0.25) is 0 Å². The Hall–Kier alpha value is -4.06. The molecule has 0 spiro atoms. The zero-order valence-corrected chi connectivity index (χ0v) is 20.5. The smallest absolute Gasteiger partial charge is 0.188 e. The number of pyridine rings is 1. The molecule has 0 saturated carbocycles. The molecule has 1 N–H and O–H groups in total. The molecule has 37 heavy (non-hydrogen) atoms. The third kappa shape index (κ3) is 4.71. The molecule has 5 rings (SSSR count). The number of aliphatic hydroxyl groups is 1. The van der Waals surface area contributed by atoms with Crippen molar-refractivity contribution >= 4 is 16.6 Å². The summed E-state index contributed by atoms with van der Waals surface area (Å²) in [6.45, 7) is 3.10. The van der Waals surface area contributed by atoms with Crippen LogP contribution >= 0.6 is 0 Å². The van der Waals surface area contributed by atoms with Gasteiger partial charge < -0.3 is 19.5 Å². The van der Waals surface area contributed by atoms with Crippen molar-refractivity contribution in [2.24, 2.45) is 5.92 Å². The number of halogens is 2. The summed E-state index contributed by atoms with van der Waals surface area (Å²) in [5.74, 6) is -0.535. The first-order valence-corrected chi connectivity index (χ1v) is 11.8. The van der Waals surface area contributed by atoms with Gasteiger partial charge in [-0.1, -0.05) is 12.1 Å². The molecule has 0 bridgehead atoms. The van der Waals surface area contributed by atoms with E-state index in [2.05, 4.69) is 9.88 Å². The van der Waals surface area contributed by atoms with Crippen LogP contribution in [0.15, 0.2) is 54.7 Å². The van der Waals surface area contributed by atoms with Crippen LogP contribution in [0.1, 0.15) is 11.1 Å². The normalized spacial score (nSPS) is 13.5. The fourth-order valence-corrected chi connectivity index (χ4v) is 4.82. The van der Waals surface area contributed by atoms with Gasteiger partial charge >= 0.3 is 0 Å². The van der Waals surface area contributed by atoms with Crippen molar-refractivity contribution in [1.29, 1.82) is 5.26 Å². The summed E-state index contributed by atoms with van der Waals surface area (Å²) >= 11 is 0. The Kier molecular flexibility index (Phi) is 6.74. The summed E-state index contributed by atoms with van der Waals surface area (Å²) in [5, 5.41) is 20.0. The number of aryl methyl sites for hydroxylation is 1. The molecule has 188 valence electrons. The topological polar surface area (TPSA) is 78.6 Å². The maximum Gasteiger partial charge on any atom is 0.188 e. The van der Waals surface area contributed by atoms with E-state index in [1.54, 1.807) is 12.3 Å². The second-order valence-electron chi connectivity index (χ2n) is 9.22. The molecule has 3 aromatic carbocycles. The first-order chi connectivity index (χ1) is 17.9. The van der Waals surface area contributed by atoms with Gasteiger partial charge in [-0.25, -0.2) is 8.78 Å². The zero-order chi connectivity index (χ0) is 26.1. The van der Waals surface area contributed by atoms with E-state index in [9.17, 15) is 19.1 Å². The van der Waals surface area contributed by atoms with Crippen LogP contribution in [0.4, 0.5) is 14.5 Å². The lowest BCUT2D eigenvalue weighted by Crippen LogP contribution is -2.48. The van der Waals surface area contributed by atoms with Crippen molar-refractivity contribution < 1.29 is 23.4 Å². The average molecular weight is 502 g/mol. The number of fused-ring (bicyclic) bond motifs is 1. The van der Waals surface area contributed by atoms with E-state index >= 15 is 0 Å². The molecule has 1 saturated heterocycles. The van der Waals surface area contributed by atoms with Crippen LogP contribution in [0.25, 0.3) is 33.2 Å². The highest BCUT2D eigenvalue weighted by atomic mass is 19.1. The molecule has 1 fully saturated rings. The highest BCUT2D eigenvalue weighted by Gasteiger charge is 2.30. The quantitative estimate of drug-likeness (QED) is 0.340. The van der Waals surface area contributed by atoms with Crippen LogP contribution < -0.4 is 9.64 Å². The van der Waals surface area contributed by atoms with Gasteiger partial charge in [0.15, 0.2) is 6.79 Å². The molecule has 4 aromatic rings. The maximum absolute atomic E-state index is 14.5. The molecule has 6 nitrogen and oxygen atoms in total. The maximum atomic E-state index is 14.5. The predicted molar refractivity (Wildman–Crippen MR) is 137 cm³/mol. The Morgan fingerprint density at radius 1 is 1.05 bits per heavy atom. The van der Waals surface area contributed by atoms with E-state index in [1.165, 1.54) is 25.3 Å². The number of nitriles is 1. The SMILES string of the molecule is COCOc1c(C#N)cc(F)cc1-c1ccc2ncc(-c3cc(C)cc(F)c3)c(N3CC(CO)C3)c2c1. The Labute approximate surface area is 213 Å². The molecular formula is C29H25F2N3O3. The van der Waals surface area contributed by atoms with Crippen molar-refractivity contribution in [2.45, 2.75) is 6.92 Å². The lowest BCUT2D eigenvalue weighted by Gasteiger charge is -2.41. The molecular weight excluding hydrogens is 476 g/mol. The van der Waals surface area contributed by atoms with Crippen molar-refractivity contribution in [3.05, 3.63) is 77.5 Å². The first-order valence-electron chi connectivity index (χ1n) is 11.8. The van der Waals surface area contributed by atoms with Crippen LogP contribution in [0, 0.1) is 35.8 Å². The Bertz CT molecular complexity index is 1510. The van der Waals surface area contributed by atoms with Gasteiger partial charge in [0.25, 0.3) is 0 Å². The number of rotatable bonds is 7. The lowest BCUT2D eigenvalue weighted by molar-refractivity contribution is 0.0513. The molecule has 1 aliphatic rings. The summed E-state index contributed by atoms with van der Waals surface area (Å²) < 4.78 is 39.6. The van der Waals surface area contributed by atoms with Crippen molar-refractivity contribution in [3.63, 3.8) is 0 Å². The monoisotopic (exact) mass is 501 g/mol. The third-order valence-electron chi connectivity index (χ3n) is 6.53. The highest BCUT2D eigenvalue weighted by Crippen LogP contribution is 2.43. The molecule has 0 atom stereocenters. The number of benzene rings is 3. The van der Waals surface area contributed by atoms with Gasteiger partial charge in [-0.05, 0) is 60.0 Å². The number of nitrogens with zero attached hydrogens (tertiary/aromatic N) is 3. The number of anilines is 1. The summed E-state index contributed by atoms with van der Waals surface area (Å²) in [5.41, 5.74) is 4.91. The highest BCUT2D eigenvalue weighted by molar-refractivity contribution is 6.02. The number of methoxy groups -OCH3 is 1. The first kappa shape index (κ1) is 24.6. The van der Waals surface area contributed by atoms with Crippen LogP contribution in [0.3, 0.4) is 0 Å². The predicted octanol–water partition coefficient (Wildman–Crippen LogP) is 5.44. The number of hydrogen-bond acceptors (Lipinski definition) is 6. The van der Waals surface area contributed by atoms with Crippen LogP contribution in [0.2, 0.25) is 0 Å². The largest absolute Gasteiger partial charge is 0.466 e. The van der Waals surface area contributed by atoms with Crippen LogP contribution in [-0.4, -0.2) is 43.7 Å². The summed E-state index contributed by atoms with van der Waals surface area (Å²) in [4.78, 5) is 6.78. The number of aromatic nitrogens is 1. The van der Waals surface area contributed by atoms with Crippen molar-refractivity contribution in [1.82, 2.24) is 4.98 Å². The second kappa shape index (κ2) is 10.1. The fraction of sp³-hybridized carbons (Fsp3) is 0.241. The zero-order valence-electron chi connectivity index (χ0n) is 20.5. The number of aliphatic hydroxyl groups excluding tert-OH is 1. The molecule has 0 unspecified atom stereocenters. The van der Waals surface area contributed by atoms with Gasteiger partial charge in [0.05, 0.1) is 16.8 Å². The van der Waals surface area contributed by atoms with Gasteiger partial charge in [-0.2, -0.15) is 5.26 Å².